The van der Waals surface area contributed by atoms with E-state index in [0.29, 0.717) is 12.0 Å². The maximum atomic E-state index is 12.4. The number of hydrogen-bond donors (Lipinski definition) is 1. The number of benzene rings is 2. The van der Waals surface area contributed by atoms with E-state index in [2.05, 4.69) is 29.6 Å². The summed E-state index contributed by atoms with van der Waals surface area (Å²) < 4.78 is 0. The molecule has 1 saturated carbocycles. The van der Waals surface area contributed by atoms with E-state index in [1.54, 1.807) is 4.90 Å². The van der Waals surface area contributed by atoms with Gasteiger partial charge in [-0.25, -0.2) is 0 Å². The van der Waals surface area contributed by atoms with Crippen LogP contribution in [0.2, 0.25) is 0 Å². The Morgan fingerprint density at radius 3 is 2.57 bits per heavy atom. The van der Waals surface area contributed by atoms with Crippen LogP contribution < -0.4 is 10.2 Å². The largest absolute Gasteiger partial charge is 0.313 e. The summed E-state index contributed by atoms with van der Waals surface area (Å²) in [7, 11) is 1.85. The number of rotatable bonds is 3. The predicted octanol–water partition coefficient (Wildman–Crippen LogP) is 2.85. The molecule has 4 rings (SSSR count). The Bertz CT molecular complexity index is 683. The Morgan fingerprint density at radius 1 is 1.05 bits per heavy atom. The molecule has 3 atom stereocenters. The predicted molar refractivity (Wildman–Crippen MR) is 83.3 cm³/mol. The lowest BCUT2D eigenvalue weighted by molar-refractivity contribution is -0.119. The maximum absolute atomic E-state index is 12.4. The normalized spacial score (nSPS) is 26.8. The van der Waals surface area contributed by atoms with Crippen LogP contribution in [-0.4, -0.2) is 19.0 Å². The highest BCUT2D eigenvalue weighted by molar-refractivity contribution is 6.04. The van der Waals surface area contributed by atoms with Crippen molar-refractivity contribution in [2.24, 2.45) is 0 Å². The van der Waals surface area contributed by atoms with Crippen LogP contribution in [0.3, 0.4) is 0 Å². The summed E-state index contributed by atoms with van der Waals surface area (Å²) in [5, 5.41) is 3.55. The Hall–Kier alpha value is -2.13. The van der Waals surface area contributed by atoms with Crippen LogP contribution >= 0.6 is 0 Å². The molecule has 1 fully saturated rings. The van der Waals surface area contributed by atoms with Crippen molar-refractivity contribution in [3.63, 3.8) is 0 Å². The molecular formula is C18H18N2O. The van der Waals surface area contributed by atoms with Crippen LogP contribution in [0.4, 0.5) is 5.69 Å². The molecule has 0 radical (unpaired) electrons. The zero-order chi connectivity index (χ0) is 14.4. The van der Waals surface area contributed by atoms with Crippen molar-refractivity contribution in [3.8, 4) is 0 Å². The van der Waals surface area contributed by atoms with E-state index in [0.717, 1.165) is 17.7 Å². The highest BCUT2D eigenvalue weighted by Crippen LogP contribution is 2.44. The molecule has 3 nitrogen and oxygen atoms in total. The van der Waals surface area contributed by atoms with E-state index in [4.69, 9.17) is 0 Å². The summed E-state index contributed by atoms with van der Waals surface area (Å²) in [6.07, 6.45) is 1.11. The molecule has 3 unspecified atom stereocenters. The number of nitrogens with one attached hydrogen (secondary N) is 1. The van der Waals surface area contributed by atoms with Crippen molar-refractivity contribution in [1.82, 2.24) is 5.32 Å². The Labute approximate surface area is 124 Å². The molecule has 0 saturated heterocycles. The first-order valence-electron chi connectivity index (χ1n) is 7.43. The van der Waals surface area contributed by atoms with Gasteiger partial charge in [0.1, 0.15) is 6.04 Å². The van der Waals surface area contributed by atoms with Gasteiger partial charge in [-0.3, -0.25) is 10.1 Å². The first kappa shape index (κ1) is 12.6. The number of para-hydroxylation sites is 1. The monoisotopic (exact) mass is 278 g/mol. The summed E-state index contributed by atoms with van der Waals surface area (Å²) in [6.45, 7) is 0. The fourth-order valence-corrected chi connectivity index (χ4v) is 3.31. The second kappa shape index (κ2) is 4.71. The number of fused-ring (bicyclic) bond motifs is 1. The summed E-state index contributed by atoms with van der Waals surface area (Å²) in [5.41, 5.74) is 3.49. The molecule has 21 heavy (non-hydrogen) atoms. The van der Waals surface area contributed by atoms with Gasteiger partial charge in [0, 0.05) is 30.3 Å². The lowest BCUT2D eigenvalue weighted by atomic mass is 10.1. The molecule has 1 heterocycles. The molecule has 0 bridgehead atoms. The van der Waals surface area contributed by atoms with Gasteiger partial charge < -0.3 is 4.90 Å². The average Bonchev–Trinajstić information content (AvgIpc) is 3.27. The van der Waals surface area contributed by atoms with Crippen molar-refractivity contribution in [3.05, 3.63) is 65.7 Å². The fourth-order valence-electron chi connectivity index (χ4n) is 3.31. The minimum atomic E-state index is -0.190. The molecule has 0 aromatic heterocycles. The van der Waals surface area contributed by atoms with Crippen molar-refractivity contribution < 1.29 is 4.79 Å². The lowest BCUT2D eigenvalue weighted by Gasteiger charge is -2.13. The van der Waals surface area contributed by atoms with Gasteiger partial charge >= 0.3 is 0 Å². The summed E-state index contributed by atoms with van der Waals surface area (Å²) in [4.78, 5) is 14.2. The van der Waals surface area contributed by atoms with Crippen LogP contribution in [0.15, 0.2) is 54.6 Å². The van der Waals surface area contributed by atoms with Gasteiger partial charge in [0.05, 0.1) is 0 Å². The van der Waals surface area contributed by atoms with Crippen molar-refractivity contribution >= 4 is 11.6 Å². The van der Waals surface area contributed by atoms with Gasteiger partial charge in [-0.15, -0.1) is 0 Å². The van der Waals surface area contributed by atoms with E-state index < -0.39 is 0 Å². The number of anilines is 1. The van der Waals surface area contributed by atoms with Gasteiger partial charge in [0.15, 0.2) is 0 Å². The van der Waals surface area contributed by atoms with Gasteiger partial charge in [-0.05, 0) is 18.1 Å². The zero-order valence-corrected chi connectivity index (χ0v) is 12.0. The number of nitrogens with zero attached hydrogens (tertiary/aromatic N) is 1. The van der Waals surface area contributed by atoms with Crippen molar-refractivity contribution in [2.45, 2.75) is 24.4 Å². The molecule has 2 aromatic rings. The third-order valence-corrected chi connectivity index (χ3v) is 4.59. The number of amides is 1. The highest BCUT2D eigenvalue weighted by atomic mass is 16.2. The zero-order valence-electron chi connectivity index (χ0n) is 12.0. The number of likely N-dealkylation sites (N-methyl/N-ethyl adjacent to an activating group) is 1. The molecule has 2 aromatic carbocycles. The lowest BCUT2D eigenvalue weighted by Crippen LogP contribution is -2.33. The molecule has 1 N–H and O–H groups in total. The maximum Gasteiger partial charge on any atom is 0.248 e. The molecule has 0 spiro atoms. The molecule has 3 heteroatoms. The molecule has 1 amide bonds. The third kappa shape index (κ3) is 2.05. The third-order valence-electron chi connectivity index (χ3n) is 4.59. The summed E-state index contributed by atoms with van der Waals surface area (Å²) >= 11 is 0. The first-order chi connectivity index (χ1) is 10.3. The van der Waals surface area contributed by atoms with E-state index in [1.165, 1.54) is 5.56 Å². The van der Waals surface area contributed by atoms with E-state index in [-0.39, 0.29) is 11.9 Å². The Balaban J connectivity index is 1.53. The van der Waals surface area contributed by atoms with Gasteiger partial charge in [0.25, 0.3) is 0 Å². The molecular weight excluding hydrogens is 260 g/mol. The van der Waals surface area contributed by atoms with E-state index in [9.17, 15) is 4.79 Å². The minimum absolute atomic E-state index is 0.148. The quantitative estimate of drug-likeness (QED) is 0.936. The molecule has 106 valence electrons. The topological polar surface area (TPSA) is 32.3 Å². The summed E-state index contributed by atoms with van der Waals surface area (Å²) in [6, 6.07) is 18.8. The van der Waals surface area contributed by atoms with Crippen LogP contribution in [0.25, 0.3) is 0 Å². The van der Waals surface area contributed by atoms with E-state index >= 15 is 0 Å². The number of carbonyl (C=O) groups excluding carboxylic acids is 1. The van der Waals surface area contributed by atoms with Crippen LogP contribution in [0, 0.1) is 0 Å². The Kier molecular flexibility index (Phi) is 2.82. The minimum Gasteiger partial charge on any atom is -0.313 e. The SMILES string of the molecule is CN1C(=O)C(NC2CC2c2ccccc2)c2ccccc21. The van der Waals surface area contributed by atoms with Gasteiger partial charge in [-0.2, -0.15) is 0 Å². The molecule has 2 aliphatic rings. The fraction of sp³-hybridized carbons (Fsp3) is 0.278. The second-order valence-corrected chi connectivity index (χ2v) is 5.92. The number of carbonyl (C=O) groups is 1. The smallest absolute Gasteiger partial charge is 0.248 e. The second-order valence-electron chi connectivity index (χ2n) is 5.92. The standard InChI is InChI=1S/C18H18N2O/c1-20-16-10-6-5-9-13(16)17(18(20)21)19-15-11-14(15)12-7-3-2-4-8-12/h2-10,14-15,17,19H,11H2,1H3. The van der Waals surface area contributed by atoms with Crippen LogP contribution in [0.5, 0.6) is 0 Å². The van der Waals surface area contributed by atoms with Gasteiger partial charge in [0.2, 0.25) is 5.91 Å². The van der Waals surface area contributed by atoms with Crippen LogP contribution in [0.1, 0.15) is 29.5 Å². The van der Waals surface area contributed by atoms with Crippen molar-refractivity contribution in [2.75, 3.05) is 11.9 Å². The Morgan fingerprint density at radius 2 is 1.76 bits per heavy atom. The van der Waals surface area contributed by atoms with E-state index in [1.807, 2.05) is 37.4 Å². The molecule has 1 aliphatic carbocycles. The van der Waals surface area contributed by atoms with Gasteiger partial charge in [-0.1, -0.05) is 48.5 Å². The highest BCUT2D eigenvalue weighted by Gasteiger charge is 2.44. The number of hydrogen-bond acceptors (Lipinski definition) is 2. The van der Waals surface area contributed by atoms with Crippen LogP contribution in [-0.2, 0) is 4.79 Å². The first-order valence-corrected chi connectivity index (χ1v) is 7.43. The average molecular weight is 278 g/mol. The van der Waals surface area contributed by atoms with Crippen molar-refractivity contribution in [1.29, 1.82) is 0 Å². The summed E-state index contributed by atoms with van der Waals surface area (Å²) in [5.74, 6) is 0.687. The molecule has 1 aliphatic heterocycles.